The van der Waals surface area contributed by atoms with Gasteiger partial charge in [-0.3, -0.25) is 9.59 Å². The van der Waals surface area contributed by atoms with E-state index in [1.807, 2.05) is 0 Å². The summed E-state index contributed by atoms with van der Waals surface area (Å²) in [5, 5.41) is 23.4. The van der Waals surface area contributed by atoms with Crippen molar-refractivity contribution in [3.63, 3.8) is 0 Å². The molecule has 0 bridgehead atoms. The number of carbonyl (C=O) groups excluding carboxylic acids is 2. The van der Waals surface area contributed by atoms with Crippen LogP contribution < -0.4 is 10.6 Å². The van der Waals surface area contributed by atoms with Crippen LogP contribution in [0, 0.1) is 0 Å². The van der Waals surface area contributed by atoms with Crippen molar-refractivity contribution in [2.24, 2.45) is 0 Å². The molecule has 0 aliphatic carbocycles. The van der Waals surface area contributed by atoms with E-state index in [-0.39, 0.29) is 28.6 Å². The number of unbranched alkanes of at least 4 members (excludes halogenated alkanes) is 2. The van der Waals surface area contributed by atoms with Crippen LogP contribution in [0.3, 0.4) is 0 Å². The topological polar surface area (TPSA) is 133 Å². The van der Waals surface area contributed by atoms with Crippen molar-refractivity contribution in [1.29, 1.82) is 0 Å². The van der Waals surface area contributed by atoms with Gasteiger partial charge in [0, 0.05) is 36.4 Å². The highest BCUT2D eigenvalue weighted by Crippen LogP contribution is 2.35. The van der Waals surface area contributed by atoms with Gasteiger partial charge in [-0.15, -0.1) is 0 Å². The molecule has 0 unspecified atom stereocenters. The Morgan fingerprint density at radius 1 is 0.793 bits per heavy atom. The summed E-state index contributed by atoms with van der Waals surface area (Å²) in [6.07, 6.45) is 4.27. The highest BCUT2D eigenvalue weighted by Gasteiger charge is 2.21. The third kappa shape index (κ3) is 15.7. The quantitative estimate of drug-likeness (QED) is 0.180. The molecule has 0 aliphatic heterocycles. The van der Waals surface area contributed by atoms with Gasteiger partial charge in [-0.2, -0.15) is 0 Å². The Labute approximate surface area is 187 Å². The van der Waals surface area contributed by atoms with Crippen LogP contribution in [0.15, 0.2) is 0 Å². The molecule has 4 N–H and O–H groups in total. The Morgan fingerprint density at radius 3 is 1.72 bits per heavy atom. The minimum Gasteiger partial charge on any atom is -0.480 e. The number of amides is 2. The molecule has 2 amide bonds. The number of rotatable bonds is 17. The predicted octanol–water partition coefficient (Wildman–Crippen LogP) is 2.88. The lowest BCUT2D eigenvalue weighted by Gasteiger charge is -2.18. The van der Waals surface area contributed by atoms with E-state index in [1.54, 1.807) is 21.6 Å². The second-order valence-electron chi connectivity index (χ2n) is 6.25. The molecule has 12 heteroatoms. The first-order chi connectivity index (χ1) is 13.7. The molecular weight excluding hydrogens is 456 g/mol. The zero-order valence-corrected chi connectivity index (χ0v) is 20.1. The van der Waals surface area contributed by atoms with E-state index in [0.29, 0.717) is 0 Å². The summed E-state index contributed by atoms with van der Waals surface area (Å²) in [7, 11) is 5.97. The molecule has 0 aromatic heterocycles. The molecule has 0 saturated carbocycles. The van der Waals surface area contributed by atoms with E-state index in [4.69, 9.17) is 5.11 Å². The van der Waals surface area contributed by atoms with Crippen molar-refractivity contribution >= 4 is 66.9 Å². The van der Waals surface area contributed by atoms with E-state index in [0.717, 1.165) is 31.4 Å². The van der Waals surface area contributed by atoms with Crippen LogP contribution in [0.25, 0.3) is 0 Å². The Balaban J connectivity index is 4.46. The Kier molecular flexibility index (Phi) is 16.6. The molecule has 0 aromatic carbocycles. The fourth-order valence-electron chi connectivity index (χ4n) is 2.07. The fourth-order valence-corrected chi connectivity index (χ4v) is 8.01. The van der Waals surface area contributed by atoms with Gasteiger partial charge in [0.15, 0.2) is 0 Å². The van der Waals surface area contributed by atoms with Crippen molar-refractivity contribution in [3.8, 4) is 0 Å². The summed E-state index contributed by atoms with van der Waals surface area (Å²) in [5.41, 5.74) is 0. The summed E-state index contributed by atoms with van der Waals surface area (Å²) in [6.45, 7) is 4.71. The molecule has 29 heavy (non-hydrogen) atoms. The van der Waals surface area contributed by atoms with Crippen LogP contribution in [0.1, 0.15) is 46.5 Å². The maximum atomic E-state index is 11.2. The van der Waals surface area contributed by atoms with Crippen molar-refractivity contribution < 1.29 is 29.4 Å². The normalized spacial score (nSPS) is 13.9. The lowest BCUT2D eigenvalue weighted by molar-refractivity contribution is -0.141. The lowest BCUT2D eigenvalue weighted by atomic mass is 10.2. The first kappa shape index (κ1) is 28.3. The van der Waals surface area contributed by atoms with Crippen molar-refractivity contribution in [3.05, 3.63) is 0 Å². The molecule has 0 radical (unpaired) electrons. The van der Waals surface area contributed by atoms with Crippen molar-refractivity contribution in [2.75, 3.05) is 17.3 Å². The average Bonchev–Trinajstić information content (AvgIpc) is 2.61. The van der Waals surface area contributed by atoms with Gasteiger partial charge in [0.05, 0.1) is 0 Å². The molecular formula is C17H30N2O6S4. The van der Waals surface area contributed by atoms with Gasteiger partial charge < -0.3 is 20.8 Å². The van der Waals surface area contributed by atoms with Crippen LogP contribution in [0.5, 0.6) is 0 Å². The number of hydrogen-bond donors (Lipinski definition) is 4. The largest absolute Gasteiger partial charge is 0.480 e. The van der Waals surface area contributed by atoms with Crippen molar-refractivity contribution in [1.82, 2.24) is 10.6 Å². The van der Waals surface area contributed by atoms with Gasteiger partial charge in [-0.1, -0.05) is 69.4 Å². The number of nitrogens with one attached hydrogen (secondary N) is 2. The van der Waals surface area contributed by atoms with E-state index in [1.165, 1.54) is 35.4 Å². The minimum absolute atomic E-state index is 0.267. The Bertz CT molecular complexity index is 538. The number of carbonyl (C=O) groups is 4. The first-order valence-electron chi connectivity index (χ1n) is 9.19. The Hall–Kier alpha value is -0.720. The van der Waals surface area contributed by atoms with Gasteiger partial charge in [0.25, 0.3) is 0 Å². The monoisotopic (exact) mass is 486 g/mol. The molecule has 3 atom stereocenters. The lowest BCUT2D eigenvalue weighted by Crippen LogP contribution is -2.41. The van der Waals surface area contributed by atoms with Crippen LogP contribution in [-0.2, 0) is 19.2 Å². The van der Waals surface area contributed by atoms with Gasteiger partial charge >= 0.3 is 11.9 Å². The zero-order chi connectivity index (χ0) is 22.2. The summed E-state index contributed by atoms with van der Waals surface area (Å²) in [5.74, 6) is -1.56. The van der Waals surface area contributed by atoms with E-state index < -0.39 is 24.0 Å². The predicted molar refractivity (Wildman–Crippen MR) is 123 cm³/mol. The van der Waals surface area contributed by atoms with E-state index in [2.05, 4.69) is 17.6 Å². The summed E-state index contributed by atoms with van der Waals surface area (Å²) < 4.78 is 0. The highest BCUT2D eigenvalue weighted by atomic mass is 33.1. The fraction of sp³-hybridized carbons (Fsp3) is 0.765. The zero-order valence-electron chi connectivity index (χ0n) is 16.8. The molecule has 0 heterocycles. The summed E-state index contributed by atoms with van der Waals surface area (Å²) in [6, 6.07) is -1.84. The highest BCUT2D eigenvalue weighted by molar-refractivity contribution is 8.78. The number of carboxylic acid groups (broad SMARTS) is 2. The molecule has 168 valence electrons. The second-order valence-corrected chi connectivity index (χ2v) is 11.5. The third-order valence-electron chi connectivity index (χ3n) is 3.49. The molecule has 8 nitrogen and oxygen atoms in total. The van der Waals surface area contributed by atoms with Crippen LogP contribution in [0.2, 0.25) is 0 Å². The summed E-state index contributed by atoms with van der Waals surface area (Å²) in [4.78, 5) is 44.5. The molecule has 0 spiro atoms. The molecule has 0 rings (SSSR count). The first-order valence-corrected chi connectivity index (χ1v) is 14.1. The summed E-state index contributed by atoms with van der Waals surface area (Å²) >= 11 is 0. The molecule has 0 aromatic rings. The number of hydrogen-bond acceptors (Lipinski definition) is 8. The maximum Gasteiger partial charge on any atom is 0.327 e. The number of carboxylic acids is 2. The van der Waals surface area contributed by atoms with Crippen molar-refractivity contribution in [2.45, 2.75) is 63.8 Å². The number of aliphatic carboxylic acids is 2. The maximum absolute atomic E-state index is 11.2. The van der Waals surface area contributed by atoms with Crippen LogP contribution in [-0.4, -0.2) is 68.6 Å². The van der Waals surface area contributed by atoms with Gasteiger partial charge in [0.1, 0.15) is 12.1 Å². The van der Waals surface area contributed by atoms with Crippen LogP contribution >= 0.6 is 43.2 Å². The van der Waals surface area contributed by atoms with Crippen LogP contribution in [0.4, 0.5) is 0 Å². The smallest absolute Gasteiger partial charge is 0.327 e. The van der Waals surface area contributed by atoms with Gasteiger partial charge in [0.2, 0.25) is 11.8 Å². The molecule has 0 fully saturated rings. The SMILES string of the molecule is CCCCC[C@@H](CSSC[C@H](NC(C)=O)C(=O)O)SSC[C@H](NC(C)=O)C(=O)O. The standard InChI is InChI=1S/C17H30N2O6S4/c1-4-5-6-7-13(29-28-10-15(17(24)25)19-12(3)21)8-26-27-9-14(16(22)23)18-11(2)20/h13-15H,4-10H2,1-3H3,(H,18,20)(H,19,21)(H,22,23)(H,24,25)/t13-,14-,15-/m0/s1. The Morgan fingerprint density at radius 2 is 1.28 bits per heavy atom. The van der Waals surface area contributed by atoms with Gasteiger partial charge in [-0.05, 0) is 6.42 Å². The molecule has 0 saturated heterocycles. The van der Waals surface area contributed by atoms with E-state index in [9.17, 15) is 24.3 Å². The third-order valence-corrected chi connectivity index (χ3v) is 9.11. The molecule has 0 aliphatic rings. The second kappa shape index (κ2) is 17.0. The minimum atomic E-state index is -1.06. The average molecular weight is 487 g/mol. The van der Waals surface area contributed by atoms with E-state index >= 15 is 0 Å². The van der Waals surface area contributed by atoms with Gasteiger partial charge in [-0.25, -0.2) is 9.59 Å².